The van der Waals surface area contributed by atoms with Gasteiger partial charge in [0.2, 0.25) is 10.8 Å². The zero-order valence-corrected chi connectivity index (χ0v) is 16.3. The van der Waals surface area contributed by atoms with E-state index in [0.29, 0.717) is 29.3 Å². The number of carbonyl (C=O) groups excluding carboxylic acids is 1. The molecule has 0 bridgehead atoms. The topological polar surface area (TPSA) is 81.2 Å². The van der Waals surface area contributed by atoms with Crippen molar-refractivity contribution in [3.63, 3.8) is 0 Å². The van der Waals surface area contributed by atoms with Crippen LogP contribution in [0.15, 0.2) is 30.6 Å². The summed E-state index contributed by atoms with van der Waals surface area (Å²) in [5.41, 5.74) is 0.782. The number of piperidine rings is 1. The Balaban J connectivity index is 1.66. The molecule has 1 fully saturated rings. The Hall–Kier alpha value is -2.52. The molecule has 1 aromatic carbocycles. The lowest BCUT2D eigenvalue weighted by Gasteiger charge is -2.33. The number of aromatic nitrogens is 3. The predicted molar refractivity (Wildman–Crippen MR) is 101 cm³/mol. The lowest BCUT2D eigenvalue weighted by atomic mass is 9.93. The average Bonchev–Trinajstić information content (AvgIpc) is 3.27. The fourth-order valence-corrected chi connectivity index (χ4v) is 5.03. The maximum Gasteiger partial charge on any atom is 0.309 e. The van der Waals surface area contributed by atoms with Crippen LogP contribution >= 0.6 is 11.3 Å². The molecule has 1 saturated heterocycles. The first-order valence-electron chi connectivity index (χ1n) is 9.36. The molecular formula is C19H22FN4O3S+. The minimum Gasteiger partial charge on any atom is -0.492 e. The molecule has 0 amide bonds. The van der Waals surface area contributed by atoms with Gasteiger partial charge in [-0.15, -0.1) is 0 Å². The van der Waals surface area contributed by atoms with Crippen molar-refractivity contribution in [1.82, 2.24) is 14.6 Å². The van der Waals surface area contributed by atoms with Crippen molar-refractivity contribution in [2.45, 2.75) is 25.8 Å². The molecule has 2 aromatic heterocycles. The summed E-state index contributed by atoms with van der Waals surface area (Å²) in [6, 6.07) is 6.20. The van der Waals surface area contributed by atoms with Crippen molar-refractivity contribution < 1.29 is 23.9 Å². The molecule has 0 unspecified atom stereocenters. The minimum absolute atomic E-state index is 0.0341. The van der Waals surface area contributed by atoms with Gasteiger partial charge in [-0.1, -0.05) is 23.5 Å². The van der Waals surface area contributed by atoms with Gasteiger partial charge in [-0.25, -0.2) is 9.37 Å². The van der Waals surface area contributed by atoms with Crippen molar-refractivity contribution in [2.24, 2.45) is 5.92 Å². The van der Waals surface area contributed by atoms with Gasteiger partial charge in [-0.05, 0) is 19.1 Å². The molecule has 0 radical (unpaired) electrons. The van der Waals surface area contributed by atoms with Gasteiger partial charge in [-0.2, -0.15) is 9.61 Å². The second-order valence-corrected chi connectivity index (χ2v) is 7.93. The SMILES string of the molecule is CCOC(=O)C1CC[NH+]([C@H](c2cccc(F)c2)c2sc3ncnn3c2O)CC1. The maximum atomic E-state index is 13.9. The van der Waals surface area contributed by atoms with Crippen molar-refractivity contribution in [1.29, 1.82) is 0 Å². The highest BCUT2D eigenvalue weighted by molar-refractivity contribution is 7.17. The van der Waals surface area contributed by atoms with E-state index >= 15 is 0 Å². The Morgan fingerprint density at radius 2 is 2.25 bits per heavy atom. The third kappa shape index (κ3) is 3.47. The first-order valence-corrected chi connectivity index (χ1v) is 10.2. The number of carbonyl (C=O) groups is 1. The number of hydrogen-bond donors (Lipinski definition) is 2. The molecule has 0 saturated carbocycles. The number of quaternary nitrogens is 1. The third-order valence-electron chi connectivity index (χ3n) is 5.24. The summed E-state index contributed by atoms with van der Waals surface area (Å²) in [5, 5.41) is 14.8. The molecule has 1 aliphatic rings. The Bertz CT molecular complexity index is 981. The third-order valence-corrected chi connectivity index (χ3v) is 6.34. The number of rotatable bonds is 5. The summed E-state index contributed by atoms with van der Waals surface area (Å²) < 4.78 is 20.5. The maximum absolute atomic E-state index is 13.9. The Morgan fingerprint density at radius 1 is 1.46 bits per heavy atom. The molecule has 3 heterocycles. The van der Waals surface area contributed by atoms with Crippen LogP contribution in [-0.4, -0.2) is 45.4 Å². The Kier molecular flexibility index (Phi) is 5.27. The van der Waals surface area contributed by atoms with E-state index < -0.39 is 0 Å². The van der Waals surface area contributed by atoms with Gasteiger partial charge in [-0.3, -0.25) is 4.79 Å². The standard InChI is InChI=1S/C19H21FN4O3S/c1-2-27-18(26)12-6-8-23(9-7-12)15(13-4-3-5-14(20)10-13)16-17(25)24-19(28-16)21-11-22-24/h3-5,10-12,15,25H,2,6-9H2,1H3/p+1/t15-/m1/s1. The van der Waals surface area contributed by atoms with E-state index in [1.807, 2.05) is 13.0 Å². The van der Waals surface area contributed by atoms with Gasteiger partial charge in [0.15, 0.2) is 6.04 Å². The van der Waals surface area contributed by atoms with E-state index in [-0.39, 0.29) is 29.6 Å². The zero-order chi connectivity index (χ0) is 19.7. The smallest absolute Gasteiger partial charge is 0.309 e. The summed E-state index contributed by atoms with van der Waals surface area (Å²) >= 11 is 1.35. The quantitative estimate of drug-likeness (QED) is 0.630. The molecule has 0 spiro atoms. The second-order valence-electron chi connectivity index (χ2n) is 6.92. The molecule has 4 rings (SSSR count). The monoisotopic (exact) mass is 405 g/mol. The Morgan fingerprint density at radius 3 is 2.93 bits per heavy atom. The van der Waals surface area contributed by atoms with Crippen LogP contribution in [0, 0.1) is 11.7 Å². The number of nitrogens with zero attached hydrogens (tertiary/aromatic N) is 3. The number of ether oxygens (including phenoxy) is 1. The van der Waals surface area contributed by atoms with E-state index in [1.165, 1.54) is 39.2 Å². The number of aromatic hydroxyl groups is 1. The van der Waals surface area contributed by atoms with Crippen molar-refractivity contribution in [3.05, 3.63) is 46.9 Å². The number of thiazole rings is 1. The molecule has 0 aliphatic carbocycles. The fourth-order valence-electron chi connectivity index (χ4n) is 3.91. The average molecular weight is 405 g/mol. The molecule has 148 valence electrons. The van der Waals surface area contributed by atoms with Gasteiger partial charge < -0.3 is 14.7 Å². The summed E-state index contributed by atoms with van der Waals surface area (Å²) in [4.78, 5) is 18.7. The Labute approximate surface area is 165 Å². The van der Waals surface area contributed by atoms with Crippen LogP contribution in [0.1, 0.15) is 36.2 Å². The van der Waals surface area contributed by atoms with Gasteiger partial charge in [0.05, 0.1) is 25.6 Å². The molecule has 9 heteroatoms. The van der Waals surface area contributed by atoms with E-state index in [0.717, 1.165) is 18.7 Å². The van der Waals surface area contributed by atoms with Crippen LogP contribution < -0.4 is 4.90 Å². The second kappa shape index (κ2) is 7.84. The highest BCUT2D eigenvalue weighted by Gasteiger charge is 2.37. The first-order chi connectivity index (χ1) is 13.6. The molecule has 2 N–H and O–H groups in total. The first kappa shape index (κ1) is 18.8. The normalized spacial score (nSPS) is 20.9. The van der Waals surface area contributed by atoms with Gasteiger partial charge in [0.1, 0.15) is 17.0 Å². The minimum atomic E-state index is -0.317. The number of hydrogen-bond acceptors (Lipinski definition) is 6. The molecule has 28 heavy (non-hydrogen) atoms. The molecule has 1 atom stereocenters. The lowest BCUT2D eigenvalue weighted by molar-refractivity contribution is -0.930. The highest BCUT2D eigenvalue weighted by atomic mass is 32.1. The van der Waals surface area contributed by atoms with E-state index in [4.69, 9.17) is 4.74 Å². The van der Waals surface area contributed by atoms with E-state index in [9.17, 15) is 14.3 Å². The van der Waals surface area contributed by atoms with Gasteiger partial charge in [0.25, 0.3) is 0 Å². The molecule has 7 nitrogen and oxygen atoms in total. The summed E-state index contributed by atoms with van der Waals surface area (Å²) in [7, 11) is 0. The summed E-state index contributed by atoms with van der Waals surface area (Å²) in [6.45, 7) is 3.63. The number of likely N-dealkylation sites (tertiary alicyclic amines) is 1. The van der Waals surface area contributed by atoms with Crippen LogP contribution in [0.3, 0.4) is 0 Å². The van der Waals surface area contributed by atoms with Crippen LogP contribution in [0.2, 0.25) is 0 Å². The number of fused-ring (bicyclic) bond motifs is 1. The van der Waals surface area contributed by atoms with Crippen molar-refractivity contribution >= 4 is 22.3 Å². The van der Waals surface area contributed by atoms with E-state index in [1.54, 1.807) is 6.07 Å². The highest BCUT2D eigenvalue weighted by Crippen LogP contribution is 2.35. The summed E-state index contributed by atoms with van der Waals surface area (Å²) in [5.74, 6) is -0.535. The van der Waals surface area contributed by atoms with Crippen molar-refractivity contribution in [2.75, 3.05) is 19.7 Å². The number of nitrogens with one attached hydrogen (secondary N) is 1. The van der Waals surface area contributed by atoms with Crippen LogP contribution in [0.5, 0.6) is 5.88 Å². The molecule has 3 aromatic rings. The molecule has 1 aliphatic heterocycles. The van der Waals surface area contributed by atoms with Crippen molar-refractivity contribution in [3.8, 4) is 5.88 Å². The molecular weight excluding hydrogens is 383 g/mol. The van der Waals surface area contributed by atoms with Crippen LogP contribution in [0.4, 0.5) is 4.39 Å². The summed E-state index contributed by atoms with van der Waals surface area (Å²) in [6.07, 6.45) is 2.78. The number of benzene rings is 1. The van der Waals surface area contributed by atoms with Gasteiger partial charge in [0, 0.05) is 18.4 Å². The lowest BCUT2D eigenvalue weighted by Crippen LogP contribution is -3.13. The number of halogens is 1. The van der Waals surface area contributed by atoms with Gasteiger partial charge >= 0.3 is 5.97 Å². The zero-order valence-electron chi connectivity index (χ0n) is 15.5. The van der Waals surface area contributed by atoms with E-state index in [2.05, 4.69) is 10.1 Å². The predicted octanol–water partition coefficient (Wildman–Crippen LogP) is 1.58. The number of esters is 1. The van der Waals surface area contributed by atoms with Crippen LogP contribution in [0.25, 0.3) is 4.96 Å². The van der Waals surface area contributed by atoms with Crippen LogP contribution in [-0.2, 0) is 9.53 Å². The largest absolute Gasteiger partial charge is 0.492 e. The fraction of sp³-hybridized carbons (Fsp3) is 0.421.